The summed E-state index contributed by atoms with van der Waals surface area (Å²) in [5.41, 5.74) is -0.312. The normalized spacial score (nSPS) is 14.0. The van der Waals surface area contributed by atoms with Crippen molar-refractivity contribution in [3.63, 3.8) is 0 Å². The van der Waals surface area contributed by atoms with Crippen LogP contribution in [-0.4, -0.2) is 11.1 Å². The highest BCUT2D eigenvalue weighted by atomic mass is 19.2. The number of carbonyl (C=O) groups is 1. The number of anilines is 2. The van der Waals surface area contributed by atoms with Crippen LogP contribution in [0.2, 0.25) is 0 Å². The first kappa shape index (κ1) is 14.4. The maximum absolute atomic E-state index is 14.1. The van der Waals surface area contributed by atoms with Gasteiger partial charge in [-0.25, -0.2) is 18.0 Å². The lowest BCUT2D eigenvalue weighted by molar-refractivity contribution is 0.0697. The van der Waals surface area contributed by atoms with Crippen LogP contribution in [0.25, 0.3) is 0 Å². The van der Waals surface area contributed by atoms with Crippen molar-refractivity contribution in [1.29, 1.82) is 0 Å². The number of carboxylic acids is 1. The summed E-state index contributed by atoms with van der Waals surface area (Å²) in [7, 11) is 0. The van der Waals surface area contributed by atoms with Gasteiger partial charge in [-0.1, -0.05) is 6.07 Å². The summed E-state index contributed by atoms with van der Waals surface area (Å²) in [4.78, 5) is 11.1. The van der Waals surface area contributed by atoms with E-state index in [0.717, 1.165) is 30.5 Å². The summed E-state index contributed by atoms with van der Waals surface area (Å²) in [6.45, 7) is 0. The van der Waals surface area contributed by atoms with Crippen LogP contribution in [0, 0.1) is 17.5 Å². The highest BCUT2D eigenvalue weighted by Gasteiger charge is 2.25. The predicted octanol–water partition coefficient (Wildman–Crippen LogP) is 4.42. The van der Waals surface area contributed by atoms with E-state index in [0.29, 0.717) is 5.92 Å². The van der Waals surface area contributed by atoms with E-state index in [9.17, 15) is 18.0 Å². The molecule has 2 N–H and O–H groups in total. The minimum atomic E-state index is -1.43. The average molecular weight is 307 g/mol. The molecule has 1 saturated carbocycles. The Hall–Kier alpha value is -2.50. The zero-order valence-electron chi connectivity index (χ0n) is 11.4. The van der Waals surface area contributed by atoms with Crippen molar-refractivity contribution in [2.24, 2.45) is 0 Å². The summed E-state index contributed by atoms with van der Waals surface area (Å²) in [6, 6.07) is 6.08. The highest BCUT2D eigenvalue weighted by molar-refractivity contribution is 5.95. The van der Waals surface area contributed by atoms with Gasteiger partial charge in [-0.3, -0.25) is 0 Å². The molecule has 0 radical (unpaired) electrons. The molecular formula is C16H12F3NO2. The lowest BCUT2D eigenvalue weighted by atomic mass is 10.1. The highest BCUT2D eigenvalue weighted by Crippen LogP contribution is 2.41. The van der Waals surface area contributed by atoms with Crippen LogP contribution >= 0.6 is 0 Å². The van der Waals surface area contributed by atoms with Gasteiger partial charge in [0.1, 0.15) is 5.82 Å². The zero-order chi connectivity index (χ0) is 15.9. The summed E-state index contributed by atoms with van der Waals surface area (Å²) in [5, 5.41) is 11.4. The summed E-state index contributed by atoms with van der Waals surface area (Å²) < 4.78 is 41.2. The van der Waals surface area contributed by atoms with E-state index in [1.165, 1.54) is 12.1 Å². The first-order valence-corrected chi connectivity index (χ1v) is 6.75. The summed E-state index contributed by atoms with van der Waals surface area (Å²) in [5.74, 6) is -4.28. The molecule has 1 aliphatic rings. The van der Waals surface area contributed by atoms with E-state index in [1.54, 1.807) is 6.07 Å². The number of halogens is 3. The van der Waals surface area contributed by atoms with Crippen molar-refractivity contribution in [2.45, 2.75) is 18.8 Å². The van der Waals surface area contributed by atoms with Crippen LogP contribution in [0.5, 0.6) is 0 Å². The Kier molecular flexibility index (Phi) is 3.52. The Morgan fingerprint density at radius 3 is 2.41 bits per heavy atom. The standard InChI is InChI=1S/C16H12F3NO2/c17-11-5-4-10(16(21)22)15(14(11)19)20-13-6-3-9(7-12(13)18)8-1-2-8/h3-8,20H,1-2H2,(H,21,22). The third kappa shape index (κ3) is 2.64. The molecule has 3 nitrogen and oxygen atoms in total. The maximum Gasteiger partial charge on any atom is 0.337 e. The molecule has 0 heterocycles. The second kappa shape index (κ2) is 5.36. The fraction of sp³-hybridized carbons (Fsp3) is 0.188. The smallest absolute Gasteiger partial charge is 0.337 e. The van der Waals surface area contributed by atoms with E-state index < -0.39 is 34.7 Å². The van der Waals surface area contributed by atoms with Crippen molar-refractivity contribution in [3.8, 4) is 0 Å². The van der Waals surface area contributed by atoms with E-state index in [1.807, 2.05) is 0 Å². The quantitative estimate of drug-likeness (QED) is 0.879. The van der Waals surface area contributed by atoms with Gasteiger partial charge in [0.2, 0.25) is 0 Å². The van der Waals surface area contributed by atoms with E-state index >= 15 is 0 Å². The number of benzene rings is 2. The monoisotopic (exact) mass is 307 g/mol. The molecule has 2 aromatic carbocycles. The van der Waals surface area contributed by atoms with Crippen LogP contribution in [-0.2, 0) is 0 Å². The maximum atomic E-state index is 14.1. The Morgan fingerprint density at radius 2 is 1.82 bits per heavy atom. The van der Waals surface area contributed by atoms with Crippen molar-refractivity contribution < 1.29 is 23.1 Å². The van der Waals surface area contributed by atoms with Gasteiger partial charge in [-0.2, -0.15) is 0 Å². The summed E-state index contributed by atoms with van der Waals surface area (Å²) in [6.07, 6.45) is 2.02. The molecule has 22 heavy (non-hydrogen) atoms. The van der Waals surface area contributed by atoms with Gasteiger partial charge in [0.05, 0.1) is 16.9 Å². The largest absolute Gasteiger partial charge is 0.478 e. The molecule has 0 atom stereocenters. The predicted molar refractivity (Wildman–Crippen MR) is 75.0 cm³/mol. The van der Waals surface area contributed by atoms with Gasteiger partial charge >= 0.3 is 5.97 Å². The number of hydrogen-bond donors (Lipinski definition) is 2. The molecule has 0 amide bonds. The van der Waals surface area contributed by atoms with Crippen LogP contribution in [0.4, 0.5) is 24.5 Å². The third-order valence-corrected chi connectivity index (χ3v) is 3.63. The van der Waals surface area contributed by atoms with Gasteiger partial charge in [0, 0.05) is 0 Å². The van der Waals surface area contributed by atoms with Crippen LogP contribution in [0.15, 0.2) is 30.3 Å². The Balaban J connectivity index is 1.99. The van der Waals surface area contributed by atoms with E-state index in [4.69, 9.17) is 5.11 Å². The summed E-state index contributed by atoms with van der Waals surface area (Å²) >= 11 is 0. The SMILES string of the molecule is O=C(O)c1ccc(F)c(F)c1Nc1ccc(C2CC2)cc1F. The average Bonchev–Trinajstić information content (AvgIpc) is 3.30. The van der Waals surface area contributed by atoms with Gasteiger partial charge in [-0.15, -0.1) is 0 Å². The molecular weight excluding hydrogens is 295 g/mol. The Labute approximate surface area is 124 Å². The van der Waals surface area contributed by atoms with Gasteiger partial charge in [-0.05, 0) is 48.6 Å². The second-order valence-electron chi connectivity index (χ2n) is 5.23. The fourth-order valence-electron chi connectivity index (χ4n) is 2.29. The molecule has 0 unspecified atom stereocenters. The Bertz CT molecular complexity index is 757. The molecule has 0 saturated heterocycles. The number of carboxylic acid groups (broad SMARTS) is 1. The molecule has 0 spiro atoms. The first-order chi connectivity index (χ1) is 10.5. The lowest BCUT2D eigenvalue weighted by Crippen LogP contribution is -2.07. The van der Waals surface area contributed by atoms with Gasteiger partial charge < -0.3 is 10.4 Å². The van der Waals surface area contributed by atoms with Gasteiger partial charge in [0.25, 0.3) is 0 Å². The molecule has 6 heteroatoms. The zero-order valence-corrected chi connectivity index (χ0v) is 11.4. The Morgan fingerprint density at radius 1 is 1.09 bits per heavy atom. The first-order valence-electron chi connectivity index (χ1n) is 6.75. The van der Waals surface area contributed by atoms with Crippen LogP contribution < -0.4 is 5.32 Å². The van der Waals surface area contributed by atoms with Crippen molar-refractivity contribution in [1.82, 2.24) is 0 Å². The fourth-order valence-corrected chi connectivity index (χ4v) is 2.29. The molecule has 3 rings (SSSR count). The molecule has 114 valence electrons. The lowest BCUT2D eigenvalue weighted by Gasteiger charge is -2.12. The third-order valence-electron chi connectivity index (χ3n) is 3.63. The number of nitrogens with one attached hydrogen (secondary N) is 1. The van der Waals surface area contributed by atoms with E-state index in [2.05, 4.69) is 5.32 Å². The number of aromatic carboxylic acids is 1. The molecule has 0 aliphatic heterocycles. The molecule has 0 aromatic heterocycles. The van der Waals surface area contributed by atoms with Crippen molar-refractivity contribution >= 4 is 17.3 Å². The second-order valence-corrected chi connectivity index (χ2v) is 5.23. The van der Waals surface area contributed by atoms with Gasteiger partial charge in [0.15, 0.2) is 11.6 Å². The molecule has 1 aliphatic carbocycles. The topological polar surface area (TPSA) is 49.3 Å². The van der Waals surface area contributed by atoms with E-state index in [-0.39, 0.29) is 5.69 Å². The number of hydrogen-bond acceptors (Lipinski definition) is 2. The molecule has 1 fully saturated rings. The van der Waals surface area contributed by atoms with Crippen LogP contribution in [0.3, 0.4) is 0 Å². The minimum absolute atomic E-state index is 0.101. The minimum Gasteiger partial charge on any atom is -0.478 e. The van der Waals surface area contributed by atoms with Crippen LogP contribution in [0.1, 0.15) is 34.7 Å². The number of rotatable bonds is 4. The van der Waals surface area contributed by atoms with Crippen molar-refractivity contribution in [2.75, 3.05) is 5.32 Å². The molecule has 2 aromatic rings. The molecule has 0 bridgehead atoms. The van der Waals surface area contributed by atoms with Crippen molar-refractivity contribution in [3.05, 3.63) is 58.9 Å².